The van der Waals surface area contributed by atoms with E-state index < -0.39 is 0 Å². The van der Waals surface area contributed by atoms with Gasteiger partial charge in [-0.25, -0.2) is 0 Å². The van der Waals surface area contributed by atoms with Gasteiger partial charge in [0.1, 0.15) is 5.75 Å². The van der Waals surface area contributed by atoms with Gasteiger partial charge in [-0.3, -0.25) is 4.79 Å². The first-order chi connectivity index (χ1) is 13.3. The Labute approximate surface area is 157 Å². The minimum atomic E-state index is -0.112. The first-order valence-electron chi connectivity index (χ1n) is 8.77. The number of carbonyl (C=O) groups excluding carboxylic acids is 1. The monoisotopic (exact) mass is 355 g/mol. The second-order valence-corrected chi connectivity index (χ2v) is 6.21. The van der Waals surface area contributed by atoms with Crippen molar-refractivity contribution in [1.29, 1.82) is 0 Å². The summed E-state index contributed by atoms with van der Waals surface area (Å²) < 4.78 is 7.77. The maximum Gasteiger partial charge on any atom is 0.290 e. The van der Waals surface area contributed by atoms with Crippen molar-refractivity contribution in [3.63, 3.8) is 0 Å². The van der Waals surface area contributed by atoms with Crippen LogP contribution in [0.4, 0.5) is 5.69 Å². The number of hydrogen-bond donors (Lipinski definition) is 1. The van der Waals surface area contributed by atoms with Gasteiger partial charge in [0.25, 0.3) is 5.91 Å². The van der Waals surface area contributed by atoms with Gasteiger partial charge in [-0.1, -0.05) is 48.5 Å². The van der Waals surface area contributed by atoms with Crippen LogP contribution in [0.15, 0.2) is 97.3 Å². The fourth-order valence-corrected chi connectivity index (χ4v) is 2.91. The molecule has 4 nitrogen and oxygen atoms in total. The van der Waals surface area contributed by atoms with E-state index in [1.165, 1.54) is 0 Å². The molecule has 0 saturated heterocycles. The average Bonchev–Trinajstić information content (AvgIpc) is 2.70. The number of ether oxygens (including phenoxy) is 1. The molecule has 3 aromatic carbocycles. The molecule has 0 aliphatic rings. The van der Waals surface area contributed by atoms with E-state index in [2.05, 4.69) is 11.4 Å². The molecule has 0 spiro atoms. The molecule has 1 heterocycles. The number of fused-ring (bicyclic) bond motifs is 1. The molecule has 0 aliphatic carbocycles. The summed E-state index contributed by atoms with van der Waals surface area (Å²) in [6.45, 7) is 0.227. The van der Waals surface area contributed by atoms with Crippen LogP contribution in [0.25, 0.3) is 10.8 Å². The quantitative estimate of drug-likeness (QED) is 0.533. The van der Waals surface area contributed by atoms with Crippen molar-refractivity contribution in [3.8, 4) is 11.5 Å². The van der Waals surface area contributed by atoms with Gasteiger partial charge in [0.15, 0.2) is 18.1 Å². The number of anilines is 1. The van der Waals surface area contributed by atoms with Crippen molar-refractivity contribution in [2.75, 3.05) is 5.32 Å². The number of carbonyl (C=O) groups is 1. The molecule has 4 rings (SSSR count). The van der Waals surface area contributed by atoms with Crippen LogP contribution in [-0.4, -0.2) is 5.91 Å². The van der Waals surface area contributed by atoms with Gasteiger partial charge in [-0.2, -0.15) is 4.57 Å². The molecule has 0 atom stereocenters. The van der Waals surface area contributed by atoms with E-state index in [-0.39, 0.29) is 12.5 Å². The number of rotatable bonds is 5. The lowest BCUT2D eigenvalue weighted by Crippen LogP contribution is -2.39. The van der Waals surface area contributed by atoms with E-state index in [1.54, 1.807) is 0 Å². The highest BCUT2D eigenvalue weighted by atomic mass is 16.5. The zero-order valence-electron chi connectivity index (χ0n) is 14.7. The van der Waals surface area contributed by atoms with Crippen LogP contribution in [0, 0.1) is 0 Å². The van der Waals surface area contributed by atoms with E-state index in [4.69, 9.17) is 4.74 Å². The van der Waals surface area contributed by atoms with Gasteiger partial charge >= 0.3 is 0 Å². The highest BCUT2D eigenvalue weighted by Crippen LogP contribution is 2.28. The molecule has 0 aliphatic heterocycles. The summed E-state index contributed by atoms with van der Waals surface area (Å²) in [5.41, 5.74) is 0.646. The normalized spacial score (nSPS) is 10.5. The van der Waals surface area contributed by atoms with Crippen LogP contribution in [0.5, 0.6) is 11.5 Å². The van der Waals surface area contributed by atoms with Gasteiger partial charge < -0.3 is 10.1 Å². The van der Waals surface area contributed by atoms with Gasteiger partial charge in [-0.05, 0) is 35.7 Å². The molecular formula is C23H19N2O2+. The summed E-state index contributed by atoms with van der Waals surface area (Å²) >= 11 is 0. The van der Waals surface area contributed by atoms with Gasteiger partial charge in [0, 0.05) is 11.5 Å². The highest BCUT2D eigenvalue weighted by Gasteiger charge is 2.13. The first kappa shape index (κ1) is 16.8. The molecule has 0 bridgehead atoms. The van der Waals surface area contributed by atoms with Crippen molar-refractivity contribution < 1.29 is 14.1 Å². The summed E-state index contributed by atoms with van der Waals surface area (Å²) in [6.07, 6.45) is 3.88. The van der Waals surface area contributed by atoms with Crippen LogP contribution in [0.1, 0.15) is 0 Å². The fraction of sp³-hybridized carbons (Fsp3) is 0.0435. The van der Waals surface area contributed by atoms with Crippen molar-refractivity contribution in [2.24, 2.45) is 0 Å². The molecule has 1 N–H and O–H groups in total. The topological polar surface area (TPSA) is 42.2 Å². The number of aromatic nitrogens is 1. The first-order valence-corrected chi connectivity index (χ1v) is 8.77. The maximum absolute atomic E-state index is 12.5. The zero-order valence-corrected chi connectivity index (χ0v) is 14.7. The molecular weight excluding hydrogens is 336 g/mol. The summed E-state index contributed by atoms with van der Waals surface area (Å²) in [7, 11) is 0. The third-order valence-electron chi connectivity index (χ3n) is 4.20. The smallest absolute Gasteiger partial charge is 0.290 e. The molecule has 0 saturated carbocycles. The van der Waals surface area contributed by atoms with Crippen molar-refractivity contribution in [2.45, 2.75) is 6.54 Å². The van der Waals surface area contributed by atoms with Crippen LogP contribution in [0.3, 0.4) is 0 Å². The predicted octanol–water partition coefficient (Wildman–Crippen LogP) is 4.56. The van der Waals surface area contributed by atoms with E-state index in [1.807, 2.05) is 95.8 Å². The lowest BCUT2D eigenvalue weighted by atomic mass is 10.2. The van der Waals surface area contributed by atoms with Crippen LogP contribution >= 0.6 is 0 Å². The van der Waals surface area contributed by atoms with Crippen LogP contribution < -0.4 is 14.6 Å². The van der Waals surface area contributed by atoms with Gasteiger partial charge in [0.05, 0.1) is 5.69 Å². The van der Waals surface area contributed by atoms with Crippen LogP contribution in [-0.2, 0) is 11.3 Å². The van der Waals surface area contributed by atoms with E-state index in [0.29, 0.717) is 11.4 Å². The highest BCUT2D eigenvalue weighted by molar-refractivity contribution is 5.91. The van der Waals surface area contributed by atoms with Gasteiger partial charge in [-0.15, -0.1) is 0 Å². The van der Waals surface area contributed by atoms with E-state index >= 15 is 0 Å². The lowest BCUT2D eigenvalue weighted by molar-refractivity contribution is -0.682. The SMILES string of the molecule is O=C(C[n+]1ccc2ccccc2c1)Nc1ccccc1Oc1ccccc1. The zero-order chi connectivity index (χ0) is 18.5. The summed E-state index contributed by atoms with van der Waals surface area (Å²) in [5.74, 6) is 1.23. The summed E-state index contributed by atoms with van der Waals surface area (Å²) in [4.78, 5) is 12.5. The van der Waals surface area contributed by atoms with Crippen LogP contribution in [0.2, 0.25) is 0 Å². The molecule has 1 amide bonds. The lowest BCUT2D eigenvalue weighted by Gasteiger charge is -2.11. The average molecular weight is 355 g/mol. The number of nitrogens with zero attached hydrogens (tertiary/aromatic N) is 1. The molecule has 27 heavy (non-hydrogen) atoms. The second-order valence-electron chi connectivity index (χ2n) is 6.21. The summed E-state index contributed by atoms with van der Waals surface area (Å²) in [6, 6.07) is 27.0. The summed E-state index contributed by atoms with van der Waals surface area (Å²) in [5, 5.41) is 5.19. The predicted molar refractivity (Wildman–Crippen MR) is 106 cm³/mol. The molecule has 4 aromatic rings. The third kappa shape index (κ3) is 4.12. The Morgan fingerprint density at radius 3 is 2.37 bits per heavy atom. The van der Waals surface area contributed by atoms with E-state index in [0.717, 1.165) is 16.5 Å². The Balaban J connectivity index is 1.49. The van der Waals surface area contributed by atoms with Gasteiger partial charge in [0.2, 0.25) is 6.54 Å². The number of hydrogen-bond acceptors (Lipinski definition) is 2. The third-order valence-corrected chi connectivity index (χ3v) is 4.20. The van der Waals surface area contributed by atoms with Crippen molar-refractivity contribution in [3.05, 3.63) is 97.3 Å². The second kappa shape index (κ2) is 7.70. The standard InChI is InChI=1S/C23H18N2O2/c26-23(17-25-15-14-18-8-4-5-9-19(18)16-25)24-21-12-6-7-13-22(21)27-20-10-2-1-3-11-20/h1-16H,17H2/p+1. The Morgan fingerprint density at radius 1 is 0.815 bits per heavy atom. The van der Waals surface area contributed by atoms with Crippen molar-refractivity contribution in [1.82, 2.24) is 0 Å². The molecule has 0 radical (unpaired) electrons. The Kier molecular flexibility index (Phi) is 4.79. The minimum absolute atomic E-state index is 0.112. The number of nitrogens with one attached hydrogen (secondary N) is 1. The van der Waals surface area contributed by atoms with E-state index in [9.17, 15) is 4.79 Å². The number of para-hydroxylation sites is 3. The number of pyridine rings is 1. The Hall–Kier alpha value is -3.66. The molecule has 1 aromatic heterocycles. The number of amides is 1. The minimum Gasteiger partial charge on any atom is -0.455 e. The van der Waals surface area contributed by atoms with Crippen molar-refractivity contribution >= 4 is 22.4 Å². The number of benzene rings is 3. The molecule has 4 heteroatoms. The maximum atomic E-state index is 12.5. The molecule has 132 valence electrons. The Morgan fingerprint density at radius 2 is 1.52 bits per heavy atom. The largest absolute Gasteiger partial charge is 0.455 e. The molecule has 0 unspecified atom stereocenters. The Bertz CT molecular complexity index is 1080. The molecule has 0 fully saturated rings. The fourth-order valence-electron chi connectivity index (χ4n) is 2.91.